The highest BCUT2D eigenvalue weighted by Gasteiger charge is 2.29. The summed E-state index contributed by atoms with van der Waals surface area (Å²) in [4.78, 5) is 13.6. The number of aliphatic hydroxyl groups is 1. The van der Waals surface area contributed by atoms with Crippen molar-refractivity contribution in [3.8, 4) is 5.75 Å². The SMILES string of the molecule is CN(CCOc1ccc(F)cc1)C(=O)C1CC(O)CN1. The minimum absolute atomic E-state index is 0.0516. The van der Waals surface area contributed by atoms with E-state index in [0.717, 1.165) is 0 Å². The standard InChI is InChI=1S/C14H19FN2O3/c1-17(14(19)13-8-11(18)9-16-13)6-7-20-12-4-2-10(15)3-5-12/h2-5,11,13,16,18H,6-9H2,1H3. The molecule has 2 unspecified atom stereocenters. The van der Waals surface area contributed by atoms with Gasteiger partial charge in [0.05, 0.1) is 18.7 Å². The van der Waals surface area contributed by atoms with Crippen LogP contribution in [0.5, 0.6) is 5.75 Å². The topological polar surface area (TPSA) is 61.8 Å². The van der Waals surface area contributed by atoms with Crippen molar-refractivity contribution in [1.29, 1.82) is 0 Å². The summed E-state index contributed by atoms with van der Waals surface area (Å²) in [6.07, 6.45) is -0.00468. The summed E-state index contributed by atoms with van der Waals surface area (Å²) in [5.74, 6) is 0.210. The van der Waals surface area contributed by atoms with Crippen LogP contribution < -0.4 is 10.1 Å². The number of benzene rings is 1. The number of ether oxygens (including phenoxy) is 1. The Morgan fingerprint density at radius 1 is 1.50 bits per heavy atom. The quantitative estimate of drug-likeness (QED) is 0.820. The van der Waals surface area contributed by atoms with Gasteiger partial charge in [-0.2, -0.15) is 0 Å². The maximum atomic E-state index is 12.7. The van der Waals surface area contributed by atoms with Crippen molar-refractivity contribution in [3.63, 3.8) is 0 Å². The molecule has 0 saturated carbocycles. The van der Waals surface area contributed by atoms with E-state index in [0.29, 0.717) is 31.9 Å². The number of rotatable bonds is 5. The first-order valence-corrected chi connectivity index (χ1v) is 6.61. The Hall–Kier alpha value is -1.66. The van der Waals surface area contributed by atoms with E-state index < -0.39 is 6.10 Å². The summed E-state index contributed by atoms with van der Waals surface area (Å²) >= 11 is 0. The predicted molar refractivity (Wildman–Crippen MR) is 71.9 cm³/mol. The smallest absolute Gasteiger partial charge is 0.239 e. The lowest BCUT2D eigenvalue weighted by molar-refractivity contribution is -0.132. The van der Waals surface area contributed by atoms with E-state index in [9.17, 15) is 14.3 Å². The summed E-state index contributed by atoms with van der Waals surface area (Å²) < 4.78 is 18.1. The molecule has 2 N–H and O–H groups in total. The molecule has 0 bridgehead atoms. The Labute approximate surface area is 117 Å². The van der Waals surface area contributed by atoms with Gasteiger partial charge in [-0.15, -0.1) is 0 Å². The second kappa shape index (κ2) is 6.67. The van der Waals surface area contributed by atoms with Crippen molar-refractivity contribution in [2.75, 3.05) is 26.7 Å². The fourth-order valence-corrected chi connectivity index (χ4v) is 2.11. The van der Waals surface area contributed by atoms with Crippen LogP contribution >= 0.6 is 0 Å². The molecule has 0 aliphatic carbocycles. The van der Waals surface area contributed by atoms with E-state index in [-0.39, 0.29) is 17.8 Å². The number of hydrogen-bond acceptors (Lipinski definition) is 4. The van der Waals surface area contributed by atoms with E-state index in [1.165, 1.54) is 12.1 Å². The zero-order chi connectivity index (χ0) is 14.5. The molecule has 1 amide bonds. The number of amides is 1. The molecule has 1 saturated heterocycles. The number of halogens is 1. The first-order chi connectivity index (χ1) is 9.56. The molecule has 6 heteroatoms. The molecule has 1 heterocycles. The van der Waals surface area contributed by atoms with Crippen LogP contribution in [0, 0.1) is 5.82 Å². The minimum Gasteiger partial charge on any atom is -0.492 e. The Kier molecular flexibility index (Phi) is 4.92. The summed E-state index contributed by atoms with van der Waals surface area (Å²) in [7, 11) is 1.70. The third-order valence-corrected chi connectivity index (χ3v) is 3.29. The van der Waals surface area contributed by atoms with Crippen LogP contribution in [0.1, 0.15) is 6.42 Å². The lowest BCUT2D eigenvalue weighted by atomic mass is 10.2. The number of aliphatic hydroxyl groups excluding tert-OH is 1. The molecule has 1 aromatic rings. The van der Waals surface area contributed by atoms with Gasteiger partial charge in [0.15, 0.2) is 0 Å². The zero-order valence-electron chi connectivity index (χ0n) is 11.4. The lowest BCUT2D eigenvalue weighted by Crippen LogP contribution is -2.43. The van der Waals surface area contributed by atoms with Crippen molar-refractivity contribution in [3.05, 3.63) is 30.1 Å². The van der Waals surface area contributed by atoms with Crippen molar-refractivity contribution in [1.82, 2.24) is 10.2 Å². The van der Waals surface area contributed by atoms with Crippen LogP contribution in [0.2, 0.25) is 0 Å². The van der Waals surface area contributed by atoms with Gasteiger partial charge in [-0.25, -0.2) is 4.39 Å². The van der Waals surface area contributed by atoms with Crippen LogP contribution in [0.15, 0.2) is 24.3 Å². The molecule has 1 fully saturated rings. The first-order valence-electron chi connectivity index (χ1n) is 6.61. The van der Waals surface area contributed by atoms with Crippen LogP contribution in [-0.4, -0.2) is 54.8 Å². The van der Waals surface area contributed by atoms with Crippen molar-refractivity contribution in [2.45, 2.75) is 18.6 Å². The van der Waals surface area contributed by atoms with Crippen LogP contribution in [0.4, 0.5) is 4.39 Å². The summed E-state index contributed by atoms with van der Waals surface area (Å²) in [5.41, 5.74) is 0. The summed E-state index contributed by atoms with van der Waals surface area (Å²) in [5, 5.41) is 12.4. The molecule has 1 aromatic carbocycles. The van der Waals surface area contributed by atoms with Gasteiger partial charge in [0.2, 0.25) is 5.91 Å². The van der Waals surface area contributed by atoms with Gasteiger partial charge >= 0.3 is 0 Å². The third kappa shape index (κ3) is 3.91. The number of carbonyl (C=O) groups excluding carboxylic acids is 1. The predicted octanol–water partition coefficient (Wildman–Crippen LogP) is 0.386. The second-order valence-electron chi connectivity index (χ2n) is 4.91. The average Bonchev–Trinajstić information content (AvgIpc) is 2.86. The van der Waals surface area contributed by atoms with Gasteiger partial charge < -0.3 is 20.1 Å². The molecule has 1 aliphatic heterocycles. The molecule has 2 rings (SSSR count). The minimum atomic E-state index is -0.451. The maximum absolute atomic E-state index is 12.7. The number of β-amino-alcohol motifs (C(OH)–C–C–N with tert-alkyl or cyclic N) is 1. The van der Waals surface area contributed by atoms with E-state index >= 15 is 0 Å². The number of hydrogen-bond donors (Lipinski definition) is 2. The molecular weight excluding hydrogens is 263 g/mol. The van der Waals surface area contributed by atoms with Gasteiger partial charge in [-0.05, 0) is 30.7 Å². The maximum Gasteiger partial charge on any atom is 0.239 e. The summed E-state index contributed by atoms with van der Waals surface area (Å²) in [6, 6.07) is 5.43. The molecule has 0 spiro atoms. The molecule has 5 nitrogen and oxygen atoms in total. The van der Waals surface area contributed by atoms with Crippen LogP contribution in [0.3, 0.4) is 0 Å². The molecule has 20 heavy (non-hydrogen) atoms. The van der Waals surface area contributed by atoms with Crippen molar-refractivity contribution in [2.24, 2.45) is 0 Å². The van der Waals surface area contributed by atoms with Gasteiger partial charge in [-0.3, -0.25) is 4.79 Å². The van der Waals surface area contributed by atoms with Crippen molar-refractivity contribution >= 4 is 5.91 Å². The van der Waals surface area contributed by atoms with E-state index in [1.54, 1.807) is 24.1 Å². The number of likely N-dealkylation sites (N-methyl/N-ethyl adjacent to an activating group) is 1. The highest BCUT2D eigenvalue weighted by atomic mass is 19.1. The molecule has 0 aromatic heterocycles. The van der Waals surface area contributed by atoms with Crippen LogP contribution in [0.25, 0.3) is 0 Å². The Morgan fingerprint density at radius 3 is 2.80 bits per heavy atom. The molecule has 110 valence electrons. The fraction of sp³-hybridized carbons (Fsp3) is 0.500. The Bertz CT molecular complexity index is 452. The molecule has 1 aliphatic rings. The number of nitrogens with one attached hydrogen (secondary N) is 1. The van der Waals surface area contributed by atoms with Gasteiger partial charge in [0, 0.05) is 13.6 Å². The molecule has 0 radical (unpaired) electrons. The Morgan fingerprint density at radius 2 is 2.20 bits per heavy atom. The highest BCUT2D eigenvalue weighted by molar-refractivity contribution is 5.82. The second-order valence-corrected chi connectivity index (χ2v) is 4.91. The largest absolute Gasteiger partial charge is 0.492 e. The van der Waals surface area contributed by atoms with Crippen molar-refractivity contribution < 1.29 is 19.0 Å². The van der Waals surface area contributed by atoms with Crippen LogP contribution in [-0.2, 0) is 4.79 Å². The first kappa shape index (κ1) is 14.7. The molecule has 2 atom stereocenters. The monoisotopic (exact) mass is 282 g/mol. The Balaban J connectivity index is 1.73. The normalized spacial score (nSPS) is 21.8. The number of carbonyl (C=O) groups is 1. The third-order valence-electron chi connectivity index (χ3n) is 3.29. The highest BCUT2D eigenvalue weighted by Crippen LogP contribution is 2.11. The average molecular weight is 282 g/mol. The van der Waals surface area contributed by atoms with E-state index in [4.69, 9.17) is 4.74 Å². The van der Waals surface area contributed by atoms with Gasteiger partial charge in [-0.1, -0.05) is 0 Å². The van der Waals surface area contributed by atoms with Gasteiger partial charge in [0.1, 0.15) is 18.2 Å². The fourth-order valence-electron chi connectivity index (χ4n) is 2.11. The molecular formula is C14H19FN2O3. The lowest BCUT2D eigenvalue weighted by Gasteiger charge is -2.21. The number of nitrogens with zero attached hydrogens (tertiary/aromatic N) is 1. The zero-order valence-corrected chi connectivity index (χ0v) is 11.4. The summed E-state index contributed by atoms with van der Waals surface area (Å²) in [6.45, 7) is 1.23. The van der Waals surface area contributed by atoms with Gasteiger partial charge in [0.25, 0.3) is 0 Å². The van der Waals surface area contributed by atoms with E-state index in [2.05, 4.69) is 5.32 Å². The van der Waals surface area contributed by atoms with E-state index in [1.807, 2.05) is 0 Å².